The number of likely N-dealkylation sites (tertiary alicyclic amines) is 1. The predicted octanol–water partition coefficient (Wildman–Crippen LogP) is 5.28. The number of nitrogens with zero attached hydrogens (tertiary/aromatic N) is 4. The summed E-state index contributed by atoms with van der Waals surface area (Å²) in [6.07, 6.45) is 2.78. The number of sulfonamides is 1. The van der Waals surface area contributed by atoms with E-state index in [4.69, 9.17) is 27.9 Å². The maximum absolute atomic E-state index is 14.2. The number of hydrogen-bond donors (Lipinski definition) is 1. The van der Waals surface area contributed by atoms with Gasteiger partial charge in [0.2, 0.25) is 15.9 Å². The highest BCUT2D eigenvalue weighted by Gasteiger charge is 2.51. The number of nitrogens with one attached hydrogen (secondary N) is 1. The van der Waals surface area contributed by atoms with Gasteiger partial charge in [0.25, 0.3) is 5.91 Å². The zero-order valence-corrected chi connectivity index (χ0v) is 29.8. The van der Waals surface area contributed by atoms with Crippen LogP contribution in [0.2, 0.25) is 10.0 Å². The average Bonchev–Trinajstić information content (AvgIpc) is 3.09. The number of likely N-dealkylation sites (N-methyl/N-ethyl adjacent to an activating group) is 2. The Hall–Kier alpha value is -3.40. The standard InChI is InChI=1S/C35H41Cl2N5O5S/c1-39-34(44)35(42-15-6-7-19-48(42,45)46)13-17-41(18-14-35)16-12-26(24-10-11-29(36)30(37)21-24)23-40(2)33(43)31-28-9-5-4-8-25(28)20-27(22-38)32(31)47-3/h4-5,8-11,20-21,26H,6-7,12-19,23H2,1-3H3,(H,39,44). The molecule has 2 fully saturated rings. The summed E-state index contributed by atoms with van der Waals surface area (Å²) in [6, 6.07) is 16.8. The largest absolute Gasteiger partial charge is 0.495 e. The van der Waals surface area contributed by atoms with Crippen LogP contribution in [0.25, 0.3) is 10.8 Å². The number of methoxy groups -OCH3 is 1. The van der Waals surface area contributed by atoms with Crippen LogP contribution in [-0.4, -0.2) is 99.6 Å². The van der Waals surface area contributed by atoms with Crippen LogP contribution in [0.5, 0.6) is 5.75 Å². The molecule has 0 saturated carbocycles. The molecule has 0 spiro atoms. The van der Waals surface area contributed by atoms with E-state index in [2.05, 4.69) is 16.3 Å². The van der Waals surface area contributed by atoms with Crippen molar-refractivity contribution in [3.05, 3.63) is 75.3 Å². The number of nitriles is 1. The van der Waals surface area contributed by atoms with Crippen molar-refractivity contribution in [1.29, 1.82) is 5.26 Å². The minimum atomic E-state index is -3.53. The van der Waals surface area contributed by atoms with Crippen molar-refractivity contribution in [2.45, 2.75) is 43.6 Å². The Morgan fingerprint density at radius 3 is 2.46 bits per heavy atom. The van der Waals surface area contributed by atoms with E-state index in [1.165, 1.54) is 11.4 Å². The van der Waals surface area contributed by atoms with E-state index < -0.39 is 15.6 Å². The van der Waals surface area contributed by atoms with E-state index in [0.29, 0.717) is 79.4 Å². The van der Waals surface area contributed by atoms with Gasteiger partial charge in [-0.3, -0.25) is 9.59 Å². The van der Waals surface area contributed by atoms with Crippen LogP contribution in [0, 0.1) is 11.3 Å². The van der Waals surface area contributed by atoms with Gasteiger partial charge in [-0.2, -0.15) is 9.57 Å². The maximum atomic E-state index is 14.2. The molecule has 10 nitrogen and oxygen atoms in total. The van der Waals surface area contributed by atoms with E-state index in [1.807, 2.05) is 36.4 Å². The van der Waals surface area contributed by atoms with Crippen LogP contribution in [0.1, 0.15) is 59.5 Å². The Morgan fingerprint density at radius 2 is 1.81 bits per heavy atom. The van der Waals surface area contributed by atoms with Crippen LogP contribution in [0.3, 0.4) is 0 Å². The number of piperidine rings is 1. The van der Waals surface area contributed by atoms with E-state index in [1.54, 1.807) is 31.1 Å². The van der Waals surface area contributed by atoms with Gasteiger partial charge in [-0.1, -0.05) is 53.5 Å². The molecule has 3 aromatic carbocycles. The number of fused-ring (bicyclic) bond motifs is 1. The Labute approximate surface area is 292 Å². The fourth-order valence-corrected chi connectivity index (χ4v) is 9.45. The molecule has 2 amide bonds. The Balaban J connectivity index is 1.37. The van der Waals surface area contributed by atoms with Crippen molar-refractivity contribution in [1.82, 2.24) is 19.4 Å². The second-order valence-corrected chi connectivity index (χ2v) is 15.4. The topological polar surface area (TPSA) is 123 Å². The van der Waals surface area contributed by atoms with E-state index in [0.717, 1.165) is 17.4 Å². The lowest BCUT2D eigenvalue weighted by molar-refractivity contribution is -0.133. The summed E-state index contributed by atoms with van der Waals surface area (Å²) in [4.78, 5) is 31.3. The molecule has 256 valence electrons. The van der Waals surface area contributed by atoms with Crippen LogP contribution in [-0.2, 0) is 14.8 Å². The SMILES string of the molecule is CNC(=O)C1(N2CCCCS2(=O)=O)CCN(CCC(CN(C)C(=O)c2c(OC)c(C#N)cc3ccccc23)c2ccc(Cl)c(Cl)c2)CC1. The molecule has 1 N–H and O–H groups in total. The first kappa shape index (κ1) is 35.9. The predicted molar refractivity (Wildman–Crippen MR) is 188 cm³/mol. The Kier molecular flexibility index (Phi) is 11.2. The van der Waals surface area contributed by atoms with Gasteiger partial charge in [0.15, 0.2) is 0 Å². The van der Waals surface area contributed by atoms with E-state index in [-0.39, 0.29) is 34.8 Å². The summed E-state index contributed by atoms with van der Waals surface area (Å²) in [6.45, 7) is 2.44. The highest BCUT2D eigenvalue weighted by atomic mass is 35.5. The van der Waals surface area contributed by atoms with Crippen LogP contribution in [0.15, 0.2) is 48.5 Å². The highest BCUT2D eigenvalue weighted by Crippen LogP contribution is 2.37. The normalized spacial score (nSPS) is 18.5. The smallest absolute Gasteiger partial charge is 0.258 e. The zero-order chi connectivity index (χ0) is 34.6. The van der Waals surface area contributed by atoms with Crippen molar-refractivity contribution in [2.24, 2.45) is 0 Å². The van der Waals surface area contributed by atoms with Gasteiger partial charge in [-0.05, 0) is 73.2 Å². The fourth-order valence-electron chi connectivity index (χ4n) is 7.15. The van der Waals surface area contributed by atoms with Crippen molar-refractivity contribution in [2.75, 3.05) is 59.7 Å². The first-order valence-electron chi connectivity index (χ1n) is 16.1. The molecule has 2 saturated heterocycles. The lowest BCUT2D eigenvalue weighted by Crippen LogP contribution is -2.65. The molecule has 3 aromatic rings. The third-order valence-electron chi connectivity index (χ3n) is 9.75. The van der Waals surface area contributed by atoms with Gasteiger partial charge in [-0.15, -0.1) is 0 Å². The fraction of sp³-hybridized carbons (Fsp3) is 0.457. The Bertz CT molecular complexity index is 1840. The van der Waals surface area contributed by atoms with Gasteiger partial charge in [0.1, 0.15) is 17.4 Å². The minimum absolute atomic E-state index is 0.0650. The van der Waals surface area contributed by atoms with Gasteiger partial charge in [0.05, 0.1) is 34.0 Å². The molecule has 0 aromatic heterocycles. The monoisotopic (exact) mass is 713 g/mol. The number of amides is 2. The molecule has 13 heteroatoms. The number of halogens is 2. The molecular formula is C35H41Cl2N5O5S. The van der Waals surface area contributed by atoms with Crippen LogP contribution >= 0.6 is 23.2 Å². The minimum Gasteiger partial charge on any atom is -0.495 e. The van der Waals surface area contributed by atoms with Gasteiger partial charge in [0, 0.05) is 46.2 Å². The summed E-state index contributed by atoms with van der Waals surface area (Å²) >= 11 is 12.7. The number of rotatable bonds is 10. The average molecular weight is 715 g/mol. The first-order chi connectivity index (χ1) is 22.9. The zero-order valence-electron chi connectivity index (χ0n) is 27.5. The molecule has 0 radical (unpaired) electrons. The molecule has 1 atom stereocenters. The summed E-state index contributed by atoms with van der Waals surface area (Å²) in [7, 11) is 1.22. The molecule has 48 heavy (non-hydrogen) atoms. The van der Waals surface area contributed by atoms with Gasteiger partial charge >= 0.3 is 0 Å². The molecule has 0 bridgehead atoms. The summed E-state index contributed by atoms with van der Waals surface area (Å²) < 4.78 is 33.2. The number of carbonyl (C=O) groups excluding carboxylic acids is 2. The summed E-state index contributed by atoms with van der Waals surface area (Å²) in [5, 5.41) is 14.9. The quantitative estimate of drug-likeness (QED) is 0.303. The second kappa shape index (κ2) is 15.0. The van der Waals surface area contributed by atoms with Gasteiger partial charge in [-0.25, -0.2) is 8.42 Å². The molecule has 2 aliphatic rings. The van der Waals surface area contributed by atoms with Crippen molar-refractivity contribution >= 4 is 55.8 Å². The number of hydrogen-bond acceptors (Lipinski definition) is 7. The van der Waals surface area contributed by atoms with E-state index >= 15 is 0 Å². The highest BCUT2D eigenvalue weighted by molar-refractivity contribution is 7.89. The summed E-state index contributed by atoms with van der Waals surface area (Å²) in [5.74, 6) is -0.373. The Morgan fingerprint density at radius 1 is 1.08 bits per heavy atom. The summed E-state index contributed by atoms with van der Waals surface area (Å²) in [5.41, 5.74) is 0.434. The van der Waals surface area contributed by atoms with Crippen LogP contribution in [0.4, 0.5) is 0 Å². The molecule has 2 aliphatic heterocycles. The lowest BCUT2D eigenvalue weighted by atomic mass is 9.85. The molecular weight excluding hydrogens is 673 g/mol. The third-order valence-corrected chi connectivity index (χ3v) is 12.5. The molecule has 0 aliphatic carbocycles. The molecule has 1 unspecified atom stereocenters. The van der Waals surface area contributed by atoms with Crippen molar-refractivity contribution < 1.29 is 22.7 Å². The number of benzene rings is 3. The van der Waals surface area contributed by atoms with Crippen molar-refractivity contribution in [3.8, 4) is 11.8 Å². The van der Waals surface area contributed by atoms with Crippen LogP contribution < -0.4 is 10.1 Å². The first-order valence-corrected chi connectivity index (χ1v) is 18.5. The van der Waals surface area contributed by atoms with Crippen molar-refractivity contribution in [3.63, 3.8) is 0 Å². The molecule has 2 heterocycles. The van der Waals surface area contributed by atoms with Gasteiger partial charge < -0.3 is 19.9 Å². The maximum Gasteiger partial charge on any atom is 0.258 e. The number of carbonyl (C=O) groups is 2. The molecule has 5 rings (SSSR count). The van der Waals surface area contributed by atoms with E-state index in [9.17, 15) is 23.3 Å². The third kappa shape index (κ3) is 7.14. The second-order valence-electron chi connectivity index (χ2n) is 12.6. The lowest BCUT2D eigenvalue weighted by Gasteiger charge is -2.47. The number of ether oxygens (including phenoxy) is 1.